The Balaban J connectivity index is 2.43. The van der Waals surface area contributed by atoms with Crippen molar-refractivity contribution in [3.05, 3.63) is 52.0 Å². The molecule has 2 aromatic carbocycles. The van der Waals surface area contributed by atoms with Gasteiger partial charge in [0.25, 0.3) is 0 Å². The number of anilines is 1. The third kappa shape index (κ3) is 2.67. The summed E-state index contributed by atoms with van der Waals surface area (Å²) in [5, 5.41) is 9.87. The molecule has 0 fully saturated rings. The number of nitrogens with zero attached hydrogens (tertiary/aromatic N) is 1. The molecule has 0 saturated carbocycles. The summed E-state index contributed by atoms with van der Waals surface area (Å²) in [6.07, 6.45) is 0. The van der Waals surface area contributed by atoms with Crippen LogP contribution in [-0.4, -0.2) is 0 Å². The largest absolute Gasteiger partial charge is 0.454 e. The number of ether oxygens (including phenoxy) is 1. The van der Waals surface area contributed by atoms with Crippen LogP contribution in [0, 0.1) is 11.3 Å². The third-order valence-corrected chi connectivity index (χ3v) is 2.79. The Bertz CT molecular complexity index is 635. The summed E-state index contributed by atoms with van der Waals surface area (Å²) in [7, 11) is 0. The average Bonchev–Trinajstić information content (AvgIpc) is 2.34. The van der Waals surface area contributed by atoms with Gasteiger partial charge in [0.2, 0.25) is 0 Å². The van der Waals surface area contributed by atoms with Gasteiger partial charge < -0.3 is 10.5 Å². The van der Waals surface area contributed by atoms with Gasteiger partial charge in [-0.2, -0.15) is 5.26 Å². The van der Waals surface area contributed by atoms with Crippen LogP contribution >= 0.6 is 23.2 Å². The molecule has 0 bridgehead atoms. The lowest BCUT2D eigenvalue weighted by molar-refractivity contribution is 0.481. The van der Waals surface area contributed by atoms with Gasteiger partial charge in [0.15, 0.2) is 0 Å². The summed E-state index contributed by atoms with van der Waals surface area (Å²) in [5.41, 5.74) is 6.55. The quantitative estimate of drug-likeness (QED) is 0.836. The fourth-order valence-electron chi connectivity index (χ4n) is 1.39. The Morgan fingerprint density at radius 1 is 1.06 bits per heavy atom. The SMILES string of the molecule is N#Cc1ccc(Cl)cc1Oc1cc(N)ccc1Cl. The van der Waals surface area contributed by atoms with E-state index >= 15 is 0 Å². The van der Waals surface area contributed by atoms with Gasteiger partial charge in [-0.25, -0.2) is 0 Å². The highest BCUT2D eigenvalue weighted by Crippen LogP contribution is 2.33. The van der Waals surface area contributed by atoms with Crippen LogP contribution in [0.15, 0.2) is 36.4 Å². The summed E-state index contributed by atoms with van der Waals surface area (Å²) in [6.45, 7) is 0. The number of benzene rings is 2. The van der Waals surface area contributed by atoms with E-state index in [0.29, 0.717) is 32.8 Å². The van der Waals surface area contributed by atoms with Gasteiger partial charge in [-0.05, 0) is 24.3 Å². The number of hydrogen-bond acceptors (Lipinski definition) is 3. The number of hydrogen-bond donors (Lipinski definition) is 1. The second-order valence-electron chi connectivity index (χ2n) is 3.54. The summed E-state index contributed by atoms with van der Waals surface area (Å²) in [4.78, 5) is 0. The normalized spacial score (nSPS) is 9.83. The summed E-state index contributed by atoms with van der Waals surface area (Å²) in [5.74, 6) is 0.730. The maximum atomic E-state index is 8.98. The van der Waals surface area contributed by atoms with Gasteiger partial charge in [-0.15, -0.1) is 0 Å². The molecule has 0 aromatic heterocycles. The standard InChI is InChI=1S/C13H8Cl2N2O/c14-9-2-1-8(7-16)12(5-9)18-13-6-10(17)3-4-11(13)15/h1-6H,17H2. The van der Waals surface area contributed by atoms with Gasteiger partial charge in [0.05, 0.1) is 10.6 Å². The molecule has 90 valence electrons. The molecule has 2 N–H and O–H groups in total. The minimum Gasteiger partial charge on any atom is -0.454 e. The van der Waals surface area contributed by atoms with E-state index in [9.17, 15) is 0 Å². The molecule has 0 radical (unpaired) electrons. The maximum Gasteiger partial charge on any atom is 0.148 e. The highest BCUT2D eigenvalue weighted by molar-refractivity contribution is 6.32. The van der Waals surface area contributed by atoms with Gasteiger partial charge in [-0.1, -0.05) is 23.2 Å². The molecule has 0 aliphatic heterocycles. The van der Waals surface area contributed by atoms with Crippen LogP contribution in [0.25, 0.3) is 0 Å². The summed E-state index contributed by atoms with van der Waals surface area (Å²) >= 11 is 11.8. The van der Waals surface area contributed by atoms with Crippen LogP contribution in [0.3, 0.4) is 0 Å². The number of nitrogen functional groups attached to an aromatic ring is 1. The smallest absolute Gasteiger partial charge is 0.148 e. The molecule has 0 spiro atoms. The Labute approximate surface area is 114 Å². The first-order valence-electron chi connectivity index (χ1n) is 5.02. The molecule has 0 unspecified atom stereocenters. The van der Waals surface area contributed by atoms with E-state index in [1.807, 2.05) is 6.07 Å². The number of nitrogens with two attached hydrogens (primary N) is 1. The van der Waals surface area contributed by atoms with Gasteiger partial charge in [-0.3, -0.25) is 0 Å². The zero-order valence-corrected chi connectivity index (χ0v) is 10.7. The van der Waals surface area contributed by atoms with Crippen molar-refractivity contribution in [1.29, 1.82) is 5.26 Å². The molecule has 18 heavy (non-hydrogen) atoms. The Hall–Kier alpha value is -1.89. The van der Waals surface area contributed by atoms with Crippen LogP contribution in [0.5, 0.6) is 11.5 Å². The van der Waals surface area contributed by atoms with Crippen molar-refractivity contribution in [3.63, 3.8) is 0 Å². The molecule has 5 heteroatoms. The lowest BCUT2D eigenvalue weighted by atomic mass is 10.2. The van der Waals surface area contributed by atoms with Gasteiger partial charge in [0.1, 0.15) is 17.6 Å². The van der Waals surface area contributed by atoms with E-state index in [2.05, 4.69) is 0 Å². The third-order valence-electron chi connectivity index (χ3n) is 2.24. The van der Waals surface area contributed by atoms with Crippen molar-refractivity contribution >= 4 is 28.9 Å². The second-order valence-corrected chi connectivity index (χ2v) is 4.39. The van der Waals surface area contributed by atoms with E-state index in [1.165, 1.54) is 0 Å². The van der Waals surface area contributed by atoms with Crippen molar-refractivity contribution in [3.8, 4) is 17.6 Å². The predicted octanol–water partition coefficient (Wildman–Crippen LogP) is 4.24. The van der Waals surface area contributed by atoms with E-state index in [-0.39, 0.29) is 0 Å². The van der Waals surface area contributed by atoms with Crippen molar-refractivity contribution < 1.29 is 4.74 Å². The van der Waals surface area contributed by atoms with Crippen molar-refractivity contribution in [1.82, 2.24) is 0 Å². The predicted molar refractivity (Wildman–Crippen MR) is 72.1 cm³/mol. The first kappa shape index (κ1) is 12.6. The molecule has 0 saturated heterocycles. The molecule has 2 aromatic rings. The van der Waals surface area contributed by atoms with Crippen LogP contribution in [0.4, 0.5) is 5.69 Å². The van der Waals surface area contributed by atoms with Gasteiger partial charge in [0, 0.05) is 22.8 Å². The molecule has 0 aliphatic carbocycles. The average molecular weight is 279 g/mol. The Morgan fingerprint density at radius 2 is 1.83 bits per heavy atom. The Kier molecular flexibility index (Phi) is 3.61. The van der Waals surface area contributed by atoms with Crippen LogP contribution in [0.1, 0.15) is 5.56 Å². The molecule has 2 rings (SSSR count). The topological polar surface area (TPSA) is 59.0 Å². The molecule has 0 aliphatic rings. The fraction of sp³-hybridized carbons (Fsp3) is 0. The minimum absolute atomic E-state index is 0.345. The molecule has 0 heterocycles. The van der Waals surface area contributed by atoms with Gasteiger partial charge >= 0.3 is 0 Å². The maximum absolute atomic E-state index is 8.98. The van der Waals surface area contributed by atoms with Crippen LogP contribution in [0.2, 0.25) is 10.0 Å². The summed E-state index contributed by atoms with van der Waals surface area (Å²) in [6, 6.07) is 11.7. The monoisotopic (exact) mass is 278 g/mol. The molecule has 0 amide bonds. The van der Waals surface area contributed by atoms with E-state index < -0.39 is 0 Å². The zero-order chi connectivity index (χ0) is 13.1. The zero-order valence-electron chi connectivity index (χ0n) is 9.15. The number of nitriles is 1. The van der Waals surface area contributed by atoms with Crippen molar-refractivity contribution in [2.45, 2.75) is 0 Å². The first-order chi connectivity index (χ1) is 8.60. The molecular weight excluding hydrogens is 271 g/mol. The first-order valence-corrected chi connectivity index (χ1v) is 5.78. The molecular formula is C13H8Cl2N2O. The van der Waals surface area contributed by atoms with E-state index in [1.54, 1.807) is 36.4 Å². The highest BCUT2D eigenvalue weighted by atomic mass is 35.5. The molecule has 3 nitrogen and oxygen atoms in total. The Morgan fingerprint density at radius 3 is 2.56 bits per heavy atom. The van der Waals surface area contributed by atoms with Crippen LogP contribution in [-0.2, 0) is 0 Å². The number of halogens is 2. The minimum atomic E-state index is 0.345. The highest BCUT2D eigenvalue weighted by Gasteiger charge is 2.08. The lowest BCUT2D eigenvalue weighted by Crippen LogP contribution is -1.91. The second kappa shape index (κ2) is 5.18. The van der Waals surface area contributed by atoms with Crippen molar-refractivity contribution in [2.24, 2.45) is 0 Å². The van der Waals surface area contributed by atoms with E-state index in [0.717, 1.165) is 0 Å². The number of rotatable bonds is 2. The van der Waals surface area contributed by atoms with E-state index in [4.69, 9.17) is 38.9 Å². The van der Waals surface area contributed by atoms with Crippen molar-refractivity contribution in [2.75, 3.05) is 5.73 Å². The molecule has 0 atom stereocenters. The fourth-order valence-corrected chi connectivity index (χ4v) is 1.71. The summed E-state index contributed by atoms with van der Waals surface area (Å²) < 4.78 is 5.57. The van der Waals surface area contributed by atoms with Crippen LogP contribution < -0.4 is 10.5 Å². The lowest BCUT2D eigenvalue weighted by Gasteiger charge is -2.09.